The van der Waals surface area contributed by atoms with E-state index in [9.17, 15) is 0 Å². The molecule has 2 aromatic heterocycles. The molecule has 37 heavy (non-hydrogen) atoms. The van der Waals surface area contributed by atoms with Gasteiger partial charge in [0, 0.05) is 60.2 Å². The normalized spacial score (nSPS) is 13.9. The van der Waals surface area contributed by atoms with Gasteiger partial charge >= 0.3 is 0 Å². The van der Waals surface area contributed by atoms with Crippen molar-refractivity contribution in [3.05, 3.63) is 59.9 Å². The predicted molar refractivity (Wildman–Crippen MR) is 156 cm³/mol. The summed E-state index contributed by atoms with van der Waals surface area (Å²) >= 11 is 0. The highest BCUT2D eigenvalue weighted by Crippen LogP contribution is 2.39. The zero-order valence-corrected chi connectivity index (χ0v) is 22.9. The van der Waals surface area contributed by atoms with Gasteiger partial charge in [0.1, 0.15) is 0 Å². The summed E-state index contributed by atoms with van der Waals surface area (Å²) in [5.74, 6) is 0.893. The van der Waals surface area contributed by atoms with Crippen molar-refractivity contribution in [2.45, 2.75) is 52.1 Å². The average molecular weight is 498 g/mol. The number of hydrogen-bond acceptors (Lipinski definition) is 6. The van der Waals surface area contributed by atoms with Crippen LogP contribution in [0.4, 0.5) is 23.0 Å². The lowest BCUT2D eigenvalue weighted by Gasteiger charge is -2.31. The molecule has 0 saturated heterocycles. The molecule has 1 unspecified atom stereocenters. The topological polar surface area (TPSA) is 75.2 Å². The SMILES string of the molecule is CC(C)c1cc(N(C)C(C)CN(C)C)c(N)cc1Nc1nccc(-c2c3n(c4ccccc24)CCC3)n1. The van der Waals surface area contributed by atoms with Crippen molar-refractivity contribution in [1.82, 2.24) is 19.4 Å². The fourth-order valence-electron chi connectivity index (χ4n) is 5.64. The molecule has 194 valence electrons. The number of para-hydroxylation sites is 1. The molecule has 0 bridgehead atoms. The van der Waals surface area contributed by atoms with Gasteiger partial charge in [-0.2, -0.15) is 0 Å². The summed E-state index contributed by atoms with van der Waals surface area (Å²) in [5, 5.41) is 4.76. The number of nitrogens with zero attached hydrogens (tertiary/aromatic N) is 5. The summed E-state index contributed by atoms with van der Waals surface area (Å²) in [7, 11) is 6.31. The first-order valence-electron chi connectivity index (χ1n) is 13.3. The van der Waals surface area contributed by atoms with Crippen molar-refractivity contribution in [2.75, 3.05) is 43.6 Å². The molecule has 0 radical (unpaired) electrons. The van der Waals surface area contributed by atoms with Crippen LogP contribution in [0.15, 0.2) is 48.7 Å². The summed E-state index contributed by atoms with van der Waals surface area (Å²) in [4.78, 5) is 14.0. The van der Waals surface area contributed by atoms with Crippen LogP contribution in [0.5, 0.6) is 0 Å². The monoisotopic (exact) mass is 497 g/mol. The van der Waals surface area contributed by atoms with Gasteiger partial charge in [0.25, 0.3) is 0 Å². The average Bonchev–Trinajstić information content (AvgIpc) is 3.44. The van der Waals surface area contributed by atoms with E-state index in [-0.39, 0.29) is 0 Å². The van der Waals surface area contributed by atoms with Crippen LogP contribution < -0.4 is 16.0 Å². The van der Waals surface area contributed by atoms with Gasteiger partial charge in [-0.3, -0.25) is 0 Å². The summed E-state index contributed by atoms with van der Waals surface area (Å²) < 4.78 is 2.45. The maximum atomic E-state index is 6.61. The summed E-state index contributed by atoms with van der Waals surface area (Å²) in [5.41, 5.74) is 15.4. The third kappa shape index (κ3) is 4.76. The third-order valence-corrected chi connectivity index (χ3v) is 7.52. The summed E-state index contributed by atoms with van der Waals surface area (Å²) in [6.45, 7) is 8.65. The number of nitrogens with one attached hydrogen (secondary N) is 1. The van der Waals surface area contributed by atoms with Crippen molar-refractivity contribution in [3.8, 4) is 11.3 Å². The summed E-state index contributed by atoms with van der Waals surface area (Å²) in [6.07, 6.45) is 4.10. The Morgan fingerprint density at radius 1 is 1.08 bits per heavy atom. The van der Waals surface area contributed by atoms with Gasteiger partial charge in [0.05, 0.1) is 17.1 Å². The van der Waals surface area contributed by atoms with Gasteiger partial charge in [-0.15, -0.1) is 0 Å². The molecule has 1 aliphatic heterocycles. The highest BCUT2D eigenvalue weighted by atomic mass is 15.2. The zero-order valence-electron chi connectivity index (χ0n) is 22.9. The Bertz CT molecular complexity index is 1420. The van der Waals surface area contributed by atoms with Crippen LogP contribution in [0.25, 0.3) is 22.2 Å². The van der Waals surface area contributed by atoms with Gasteiger partial charge in [0.15, 0.2) is 0 Å². The van der Waals surface area contributed by atoms with Crippen LogP contribution in [-0.2, 0) is 13.0 Å². The highest BCUT2D eigenvalue weighted by molar-refractivity contribution is 5.97. The van der Waals surface area contributed by atoms with E-state index in [2.05, 4.69) is 96.9 Å². The number of aryl methyl sites for hydroxylation is 1. The first kappa shape index (κ1) is 25.1. The number of likely N-dealkylation sites (N-methyl/N-ethyl adjacent to an activating group) is 2. The molecule has 0 saturated carbocycles. The Kier molecular flexibility index (Phi) is 6.82. The highest BCUT2D eigenvalue weighted by Gasteiger charge is 2.23. The first-order valence-corrected chi connectivity index (χ1v) is 13.3. The van der Waals surface area contributed by atoms with Crippen LogP contribution >= 0.6 is 0 Å². The second kappa shape index (κ2) is 10.1. The number of anilines is 4. The molecule has 0 spiro atoms. The molecular formula is C30H39N7. The van der Waals surface area contributed by atoms with E-state index in [4.69, 9.17) is 10.7 Å². The van der Waals surface area contributed by atoms with E-state index in [1.165, 1.54) is 34.1 Å². The van der Waals surface area contributed by atoms with E-state index in [0.29, 0.717) is 17.9 Å². The second-order valence-corrected chi connectivity index (χ2v) is 10.9. The van der Waals surface area contributed by atoms with Crippen LogP contribution in [0, 0.1) is 0 Å². The molecular weight excluding hydrogens is 458 g/mol. The molecule has 7 nitrogen and oxygen atoms in total. The van der Waals surface area contributed by atoms with E-state index >= 15 is 0 Å². The Morgan fingerprint density at radius 2 is 1.86 bits per heavy atom. The molecule has 2 aromatic carbocycles. The Balaban J connectivity index is 1.50. The molecule has 5 rings (SSSR count). The number of rotatable bonds is 8. The minimum Gasteiger partial charge on any atom is -0.397 e. The van der Waals surface area contributed by atoms with E-state index in [0.717, 1.165) is 42.3 Å². The zero-order chi connectivity index (χ0) is 26.3. The van der Waals surface area contributed by atoms with Crippen molar-refractivity contribution in [1.29, 1.82) is 0 Å². The number of hydrogen-bond donors (Lipinski definition) is 2. The minimum atomic E-state index is 0.307. The molecule has 3 heterocycles. The maximum absolute atomic E-state index is 6.61. The van der Waals surface area contributed by atoms with E-state index in [1.807, 2.05) is 18.3 Å². The van der Waals surface area contributed by atoms with Crippen molar-refractivity contribution < 1.29 is 0 Å². The van der Waals surface area contributed by atoms with Crippen LogP contribution in [0.3, 0.4) is 0 Å². The first-order chi connectivity index (χ1) is 17.7. The lowest BCUT2D eigenvalue weighted by atomic mass is 9.98. The van der Waals surface area contributed by atoms with Gasteiger partial charge < -0.3 is 25.4 Å². The lowest BCUT2D eigenvalue weighted by Crippen LogP contribution is -2.37. The molecule has 4 aromatic rings. The molecule has 0 fully saturated rings. The Hall–Kier alpha value is -3.58. The van der Waals surface area contributed by atoms with Crippen molar-refractivity contribution >= 4 is 33.9 Å². The van der Waals surface area contributed by atoms with E-state index < -0.39 is 0 Å². The molecule has 7 heteroatoms. The van der Waals surface area contributed by atoms with Crippen LogP contribution in [-0.4, -0.2) is 53.2 Å². The number of nitrogen functional groups attached to an aromatic ring is 1. The number of nitrogens with two attached hydrogens (primary N) is 1. The van der Waals surface area contributed by atoms with Crippen molar-refractivity contribution in [2.24, 2.45) is 0 Å². The smallest absolute Gasteiger partial charge is 0.227 e. The lowest BCUT2D eigenvalue weighted by molar-refractivity contribution is 0.377. The fraction of sp³-hybridized carbons (Fsp3) is 0.400. The number of fused-ring (bicyclic) bond motifs is 3. The third-order valence-electron chi connectivity index (χ3n) is 7.52. The molecule has 3 N–H and O–H groups in total. The number of benzene rings is 2. The van der Waals surface area contributed by atoms with Gasteiger partial charge in [-0.05, 0) is 69.6 Å². The maximum Gasteiger partial charge on any atom is 0.227 e. The Morgan fingerprint density at radius 3 is 2.62 bits per heavy atom. The molecule has 1 atom stereocenters. The van der Waals surface area contributed by atoms with Gasteiger partial charge in [-0.1, -0.05) is 32.0 Å². The molecule has 0 aliphatic carbocycles. The van der Waals surface area contributed by atoms with Gasteiger partial charge in [0.2, 0.25) is 5.95 Å². The van der Waals surface area contributed by atoms with Crippen LogP contribution in [0.2, 0.25) is 0 Å². The standard InChI is InChI=1S/C30H39N7/c1-19(2)22-16-28(36(6)20(3)18-35(4)5)23(31)17-25(22)34-30-32-14-13-24(33-30)29-21-10-7-8-11-26(21)37-15-9-12-27(29)37/h7-8,10-11,13-14,16-17,19-20H,9,12,15,18,31H2,1-6H3,(H,32,33,34). The second-order valence-electron chi connectivity index (χ2n) is 10.9. The quantitative estimate of drug-likeness (QED) is 0.296. The largest absolute Gasteiger partial charge is 0.397 e. The molecule has 0 amide bonds. The predicted octanol–water partition coefficient (Wildman–Crippen LogP) is 5.88. The van der Waals surface area contributed by atoms with Gasteiger partial charge in [-0.25, -0.2) is 9.97 Å². The Labute approximate surface area is 220 Å². The minimum absolute atomic E-state index is 0.307. The molecule has 1 aliphatic rings. The number of aromatic nitrogens is 3. The van der Waals surface area contributed by atoms with Crippen LogP contribution in [0.1, 0.15) is 44.4 Å². The fourth-order valence-corrected chi connectivity index (χ4v) is 5.64. The summed E-state index contributed by atoms with van der Waals surface area (Å²) in [6, 6.07) is 15.2. The van der Waals surface area contributed by atoms with E-state index in [1.54, 1.807) is 0 Å². The van der Waals surface area contributed by atoms with Crippen molar-refractivity contribution in [3.63, 3.8) is 0 Å².